The molecule has 27 heavy (non-hydrogen) atoms. The van der Waals surface area contributed by atoms with Gasteiger partial charge in [-0.1, -0.05) is 0 Å². The summed E-state index contributed by atoms with van der Waals surface area (Å²) in [6.07, 6.45) is 0.237. The summed E-state index contributed by atoms with van der Waals surface area (Å²) in [5, 5.41) is 7.56. The molecular formula is C17H18F3N3O3S. The summed E-state index contributed by atoms with van der Waals surface area (Å²) in [6, 6.07) is 5.68. The molecule has 0 unspecified atom stereocenters. The highest BCUT2D eigenvalue weighted by molar-refractivity contribution is 7.89. The molecule has 5 N–H and O–H groups in total. The van der Waals surface area contributed by atoms with Gasteiger partial charge >= 0.3 is 0 Å². The Balaban J connectivity index is 1.86. The molecule has 1 atom stereocenters. The molecule has 1 amide bonds. The van der Waals surface area contributed by atoms with Crippen LogP contribution in [0, 0.1) is 17.5 Å². The summed E-state index contributed by atoms with van der Waals surface area (Å²) in [5.74, 6) is -3.77. The zero-order chi connectivity index (χ0) is 20.2. The van der Waals surface area contributed by atoms with Crippen LogP contribution >= 0.6 is 0 Å². The van der Waals surface area contributed by atoms with Crippen molar-refractivity contribution in [2.45, 2.75) is 23.8 Å². The van der Waals surface area contributed by atoms with E-state index in [9.17, 15) is 26.4 Å². The number of sulfonamides is 1. The van der Waals surface area contributed by atoms with Gasteiger partial charge in [-0.05, 0) is 48.7 Å². The Bertz CT molecular complexity index is 934. The van der Waals surface area contributed by atoms with E-state index < -0.39 is 39.4 Å². The van der Waals surface area contributed by atoms with E-state index in [1.165, 1.54) is 24.3 Å². The van der Waals surface area contributed by atoms with Crippen LogP contribution in [0.3, 0.4) is 0 Å². The molecule has 6 nitrogen and oxygen atoms in total. The Kier molecular flexibility index (Phi) is 6.58. The lowest BCUT2D eigenvalue weighted by atomic mass is 10.0. The predicted molar refractivity (Wildman–Crippen MR) is 92.8 cm³/mol. The van der Waals surface area contributed by atoms with Crippen molar-refractivity contribution in [2.75, 3.05) is 6.54 Å². The van der Waals surface area contributed by atoms with E-state index in [4.69, 9.17) is 10.9 Å². The van der Waals surface area contributed by atoms with Crippen molar-refractivity contribution < 1.29 is 26.4 Å². The van der Waals surface area contributed by atoms with Crippen molar-refractivity contribution in [1.82, 2.24) is 5.32 Å². The van der Waals surface area contributed by atoms with Crippen LogP contribution in [0.2, 0.25) is 0 Å². The Morgan fingerprint density at radius 3 is 2.22 bits per heavy atom. The maximum Gasteiger partial charge on any atom is 0.251 e. The van der Waals surface area contributed by atoms with Crippen LogP contribution < -0.4 is 16.2 Å². The highest BCUT2D eigenvalue weighted by Gasteiger charge is 2.14. The summed E-state index contributed by atoms with van der Waals surface area (Å²) >= 11 is 0. The quantitative estimate of drug-likeness (QED) is 0.609. The van der Waals surface area contributed by atoms with Gasteiger partial charge in [0.1, 0.15) is 5.82 Å². The first-order valence-corrected chi connectivity index (χ1v) is 9.42. The van der Waals surface area contributed by atoms with Crippen LogP contribution in [0.5, 0.6) is 0 Å². The topological polar surface area (TPSA) is 115 Å². The number of primary sulfonamides is 1. The van der Waals surface area contributed by atoms with Gasteiger partial charge in [-0.15, -0.1) is 0 Å². The van der Waals surface area contributed by atoms with Gasteiger partial charge in [0.25, 0.3) is 5.91 Å². The number of hydrogen-bond donors (Lipinski definition) is 3. The number of halogens is 3. The molecule has 0 fully saturated rings. The minimum Gasteiger partial charge on any atom is -0.352 e. The second kappa shape index (κ2) is 8.51. The van der Waals surface area contributed by atoms with Crippen molar-refractivity contribution in [3.05, 3.63) is 65.0 Å². The fourth-order valence-electron chi connectivity index (χ4n) is 2.37. The van der Waals surface area contributed by atoms with E-state index in [1.807, 2.05) is 0 Å². The fourth-order valence-corrected chi connectivity index (χ4v) is 2.89. The third-order valence-corrected chi connectivity index (χ3v) is 4.75. The summed E-state index contributed by atoms with van der Waals surface area (Å²) in [6.45, 7) is 0.155. The molecular weight excluding hydrogens is 383 g/mol. The molecule has 2 rings (SSSR count). The maximum atomic E-state index is 13.6. The number of rotatable bonds is 7. The number of amides is 1. The van der Waals surface area contributed by atoms with Gasteiger partial charge in [-0.3, -0.25) is 4.79 Å². The van der Waals surface area contributed by atoms with Crippen molar-refractivity contribution in [2.24, 2.45) is 10.9 Å². The third kappa shape index (κ3) is 5.78. The predicted octanol–water partition coefficient (Wildman–Crippen LogP) is 1.44. The molecule has 0 saturated carbocycles. The van der Waals surface area contributed by atoms with Crippen LogP contribution in [0.4, 0.5) is 13.2 Å². The molecule has 0 radical (unpaired) electrons. The highest BCUT2D eigenvalue weighted by atomic mass is 32.2. The largest absolute Gasteiger partial charge is 0.352 e. The molecule has 0 aliphatic carbocycles. The lowest BCUT2D eigenvalue weighted by molar-refractivity contribution is 0.0952. The standard InChI is InChI=1S/C17H18F3N3O3S/c18-14-9-16(20)15(19)8-11(14)7-12(21)5-6-23-17(24)10-1-3-13(4-2-10)27(22,25)26/h1-4,8-9,12H,5-7,21H2,(H,23,24)(H2,22,25,26)/t12-/m0/s1. The van der Waals surface area contributed by atoms with Crippen LogP contribution in [0.25, 0.3) is 0 Å². The summed E-state index contributed by atoms with van der Waals surface area (Å²) < 4.78 is 62.0. The van der Waals surface area contributed by atoms with E-state index in [0.29, 0.717) is 6.07 Å². The smallest absolute Gasteiger partial charge is 0.251 e. The third-order valence-electron chi connectivity index (χ3n) is 3.82. The number of carbonyl (C=O) groups is 1. The van der Waals surface area contributed by atoms with Gasteiger partial charge in [0.2, 0.25) is 10.0 Å². The lowest BCUT2D eigenvalue weighted by Gasteiger charge is -2.13. The van der Waals surface area contributed by atoms with Crippen molar-refractivity contribution >= 4 is 15.9 Å². The SMILES string of the molecule is N[C@@H](CCNC(=O)c1ccc(S(N)(=O)=O)cc1)Cc1cc(F)c(F)cc1F. The number of benzene rings is 2. The Morgan fingerprint density at radius 2 is 1.63 bits per heavy atom. The molecule has 2 aromatic carbocycles. The first-order chi connectivity index (χ1) is 12.6. The van der Waals surface area contributed by atoms with Gasteiger partial charge in [-0.25, -0.2) is 26.7 Å². The average Bonchev–Trinajstić information content (AvgIpc) is 2.59. The fraction of sp³-hybridized carbons (Fsp3) is 0.235. The lowest BCUT2D eigenvalue weighted by Crippen LogP contribution is -2.31. The molecule has 146 valence electrons. The van der Waals surface area contributed by atoms with E-state index in [-0.39, 0.29) is 35.4 Å². The first-order valence-electron chi connectivity index (χ1n) is 7.88. The van der Waals surface area contributed by atoms with Crippen molar-refractivity contribution in [1.29, 1.82) is 0 Å². The zero-order valence-electron chi connectivity index (χ0n) is 14.1. The number of nitrogens with one attached hydrogen (secondary N) is 1. The second-order valence-electron chi connectivity index (χ2n) is 5.94. The van der Waals surface area contributed by atoms with E-state index >= 15 is 0 Å². The van der Waals surface area contributed by atoms with Gasteiger partial charge in [0.15, 0.2) is 11.6 Å². The van der Waals surface area contributed by atoms with Gasteiger partial charge in [0, 0.05) is 24.2 Å². The molecule has 0 spiro atoms. The highest BCUT2D eigenvalue weighted by Crippen LogP contribution is 2.15. The van der Waals surface area contributed by atoms with Crippen LogP contribution in [-0.2, 0) is 16.4 Å². The summed E-state index contributed by atoms with van der Waals surface area (Å²) in [7, 11) is -3.84. The number of hydrogen-bond acceptors (Lipinski definition) is 4. The monoisotopic (exact) mass is 401 g/mol. The van der Waals surface area contributed by atoms with Gasteiger partial charge < -0.3 is 11.1 Å². The number of nitrogens with two attached hydrogens (primary N) is 2. The molecule has 0 heterocycles. The summed E-state index contributed by atoms with van der Waals surface area (Å²) in [5.41, 5.74) is 6.02. The van der Waals surface area contributed by atoms with E-state index in [2.05, 4.69) is 5.32 Å². The summed E-state index contributed by atoms with van der Waals surface area (Å²) in [4.78, 5) is 11.9. The Labute approximate surface area is 154 Å². The minimum absolute atomic E-state index is 0.0258. The van der Waals surface area contributed by atoms with Gasteiger partial charge in [0.05, 0.1) is 4.90 Å². The van der Waals surface area contributed by atoms with E-state index in [0.717, 1.165) is 6.07 Å². The molecule has 2 aromatic rings. The molecule has 0 bridgehead atoms. The van der Waals surface area contributed by atoms with Crippen molar-refractivity contribution in [3.63, 3.8) is 0 Å². The second-order valence-corrected chi connectivity index (χ2v) is 7.50. The Morgan fingerprint density at radius 1 is 1.04 bits per heavy atom. The normalized spacial score (nSPS) is 12.6. The average molecular weight is 401 g/mol. The molecule has 0 aliphatic rings. The maximum absolute atomic E-state index is 13.6. The molecule has 0 aliphatic heterocycles. The molecule has 0 saturated heterocycles. The van der Waals surface area contributed by atoms with Crippen LogP contribution in [0.1, 0.15) is 22.3 Å². The van der Waals surface area contributed by atoms with Crippen LogP contribution in [-0.4, -0.2) is 26.9 Å². The zero-order valence-corrected chi connectivity index (χ0v) is 14.9. The van der Waals surface area contributed by atoms with Crippen LogP contribution in [0.15, 0.2) is 41.3 Å². The minimum atomic E-state index is -3.84. The van der Waals surface area contributed by atoms with Crippen molar-refractivity contribution in [3.8, 4) is 0 Å². The Hall–Kier alpha value is -2.43. The molecule has 10 heteroatoms. The number of carbonyl (C=O) groups excluding carboxylic acids is 1. The first kappa shape index (κ1) is 20.9. The molecule has 0 aromatic heterocycles. The van der Waals surface area contributed by atoms with E-state index in [1.54, 1.807) is 0 Å². The van der Waals surface area contributed by atoms with Gasteiger partial charge in [-0.2, -0.15) is 0 Å².